The summed E-state index contributed by atoms with van der Waals surface area (Å²) in [6.45, 7) is 0.655. The van der Waals surface area contributed by atoms with E-state index in [-0.39, 0.29) is 11.9 Å². The van der Waals surface area contributed by atoms with Crippen LogP contribution in [0.25, 0.3) is 0 Å². The second kappa shape index (κ2) is 7.25. The number of nitrogens with zero attached hydrogens (tertiary/aromatic N) is 4. The van der Waals surface area contributed by atoms with Crippen molar-refractivity contribution >= 4 is 17.5 Å². The van der Waals surface area contributed by atoms with E-state index in [1.807, 2.05) is 24.3 Å². The molecule has 1 aliphatic heterocycles. The van der Waals surface area contributed by atoms with Crippen molar-refractivity contribution in [1.82, 2.24) is 20.1 Å². The van der Waals surface area contributed by atoms with E-state index in [0.29, 0.717) is 29.6 Å². The van der Waals surface area contributed by atoms with Gasteiger partial charge in [-0.05, 0) is 36.6 Å². The van der Waals surface area contributed by atoms with Crippen LogP contribution in [0.5, 0.6) is 0 Å². The van der Waals surface area contributed by atoms with Crippen LogP contribution in [0.15, 0.2) is 53.2 Å². The summed E-state index contributed by atoms with van der Waals surface area (Å²) in [4.78, 5) is 18.9. The Morgan fingerprint density at radius 2 is 2.15 bits per heavy atom. The molecule has 1 amide bonds. The Kier molecular flexibility index (Phi) is 4.67. The SMILES string of the molecule is O=C(c1cccnn1)N1CCCC1c1ncc(Cc2ccccc2Cl)o1. The highest BCUT2D eigenvalue weighted by Crippen LogP contribution is 2.33. The number of oxazole rings is 1. The molecule has 6 nitrogen and oxygen atoms in total. The summed E-state index contributed by atoms with van der Waals surface area (Å²) < 4.78 is 5.94. The van der Waals surface area contributed by atoms with Crippen LogP contribution in [0.1, 0.15) is 46.6 Å². The van der Waals surface area contributed by atoms with Crippen LogP contribution in [0, 0.1) is 0 Å². The number of carbonyl (C=O) groups is 1. The van der Waals surface area contributed by atoms with Crippen LogP contribution in [0.3, 0.4) is 0 Å². The molecule has 1 fully saturated rings. The molecule has 0 aliphatic carbocycles. The number of halogens is 1. The molecule has 0 N–H and O–H groups in total. The van der Waals surface area contributed by atoms with Crippen LogP contribution in [0.4, 0.5) is 0 Å². The van der Waals surface area contributed by atoms with E-state index in [1.165, 1.54) is 0 Å². The Balaban J connectivity index is 1.53. The molecule has 2 aromatic heterocycles. The summed E-state index contributed by atoms with van der Waals surface area (Å²) in [5, 5.41) is 8.40. The summed E-state index contributed by atoms with van der Waals surface area (Å²) in [5.41, 5.74) is 1.32. The van der Waals surface area contributed by atoms with Crippen molar-refractivity contribution in [1.29, 1.82) is 0 Å². The monoisotopic (exact) mass is 368 g/mol. The number of benzene rings is 1. The molecule has 132 valence electrons. The maximum absolute atomic E-state index is 12.7. The number of likely N-dealkylation sites (tertiary alicyclic amines) is 1. The second-order valence-corrected chi connectivity index (χ2v) is 6.61. The molecule has 1 atom stereocenters. The van der Waals surface area contributed by atoms with E-state index in [4.69, 9.17) is 16.0 Å². The van der Waals surface area contributed by atoms with E-state index in [0.717, 1.165) is 24.2 Å². The highest BCUT2D eigenvalue weighted by Gasteiger charge is 2.34. The maximum atomic E-state index is 12.7. The van der Waals surface area contributed by atoms with Gasteiger partial charge >= 0.3 is 0 Å². The van der Waals surface area contributed by atoms with Gasteiger partial charge in [0.05, 0.1) is 6.20 Å². The predicted octanol–water partition coefficient (Wildman–Crippen LogP) is 3.69. The van der Waals surface area contributed by atoms with E-state index in [2.05, 4.69) is 15.2 Å². The molecule has 0 saturated carbocycles. The van der Waals surface area contributed by atoms with Gasteiger partial charge in [-0.3, -0.25) is 4.79 Å². The van der Waals surface area contributed by atoms with Crippen molar-refractivity contribution in [3.63, 3.8) is 0 Å². The molecular weight excluding hydrogens is 352 g/mol. The molecule has 26 heavy (non-hydrogen) atoms. The van der Waals surface area contributed by atoms with Crippen molar-refractivity contribution in [3.8, 4) is 0 Å². The van der Waals surface area contributed by atoms with Gasteiger partial charge in [0.2, 0.25) is 5.89 Å². The van der Waals surface area contributed by atoms with Gasteiger partial charge in [-0.15, -0.1) is 5.10 Å². The molecule has 1 unspecified atom stereocenters. The zero-order chi connectivity index (χ0) is 17.9. The number of hydrogen-bond acceptors (Lipinski definition) is 5. The third-order valence-corrected chi connectivity index (χ3v) is 4.85. The zero-order valence-electron chi connectivity index (χ0n) is 14.0. The average molecular weight is 369 g/mol. The zero-order valence-corrected chi connectivity index (χ0v) is 14.8. The third-order valence-electron chi connectivity index (χ3n) is 4.48. The molecule has 1 aromatic carbocycles. The van der Waals surface area contributed by atoms with Crippen LogP contribution in [0.2, 0.25) is 5.02 Å². The first kappa shape index (κ1) is 16.7. The molecule has 4 rings (SSSR count). The standard InChI is InChI=1S/C19H17ClN4O2/c20-15-6-2-1-5-13(15)11-14-12-21-18(26-14)17-8-4-10-24(17)19(25)16-7-3-9-22-23-16/h1-3,5-7,9,12,17H,4,8,10-11H2. The Morgan fingerprint density at radius 3 is 2.96 bits per heavy atom. The first-order valence-corrected chi connectivity index (χ1v) is 8.87. The Labute approximate surface area is 155 Å². The van der Waals surface area contributed by atoms with Gasteiger partial charge in [0, 0.05) is 24.2 Å². The fourth-order valence-corrected chi connectivity index (χ4v) is 3.42. The van der Waals surface area contributed by atoms with Gasteiger partial charge in [-0.2, -0.15) is 5.10 Å². The molecule has 3 aromatic rings. The fraction of sp³-hybridized carbons (Fsp3) is 0.263. The normalized spacial score (nSPS) is 16.8. The molecule has 3 heterocycles. The Bertz CT molecular complexity index is 913. The van der Waals surface area contributed by atoms with Crippen LogP contribution in [-0.2, 0) is 6.42 Å². The molecule has 0 spiro atoms. The summed E-state index contributed by atoms with van der Waals surface area (Å²) >= 11 is 6.21. The van der Waals surface area contributed by atoms with Crippen molar-refractivity contribution in [2.75, 3.05) is 6.54 Å². The summed E-state index contributed by atoms with van der Waals surface area (Å²) in [6.07, 6.45) is 5.55. The molecule has 1 aliphatic rings. The number of carbonyl (C=O) groups excluding carboxylic acids is 1. The average Bonchev–Trinajstić information content (AvgIpc) is 3.33. The second-order valence-electron chi connectivity index (χ2n) is 6.20. The molecular formula is C19H17ClN4O2. The predicted molar refractivity (Wildman–Crippen MR) is 95.8 cm³/mol. The molecule has 0 radical (unpaired) electrons. The fourth-order valence-electron chi connectivity index (χ4n) is 3.22. The summed E-state index contributed by atoms with van der Waals surface area (Å²) in [7, 11) is 0. The highest BCUT2D eigenvalue weighted by atomic mass is 35.5. The lowest BCUT2D eigenvalue weighted by Gasteiger charge is -2.21. The van der Waals surface area contributed by atoms with E-state index in [9.17, 15) is 4.79 Å². The van der Waals surface area contributed by atoms with Crippen LogP contribution >= 0.6 is 11.6 Å². The molecule has 0 bridgehead atoms. The summed E-state index contributed by atoms with van der Waals surface area (Å²) in [6, 6.07) is 10.9. The van der Waals surface area contributed by atoms with Gasteiger partial charge in [0.1, 0.15) is 11.8 Å². The minimum absolute atomic E-state index is 0.147. The quantitative estimate of drug-likeness (QED) is 0.702. The number of aromatic nitrogens is 3. The topological polar surface area (TPSA) is 72.1 Å². The van der Waals surface area contributed by atoms with Gasteiger partial charge in [-0.25, -0.2) is 4.98 Å². The lowest BCUT2D eigenvalue weighted by molar-refractivity contribution is 0.0707. The minimum Gasteiger partial charge on any atom is -0.443 e. The van der Waals surface area contributed by atoms with Gasteiger partial charge in [0.15, 0.2) is 5.69 Å². The van der Waals surface area contributed by atoms with Crippen molar-refractivity contribution < 1.29 is 9.21 Å². The summed E-state index contributed by atoms with van der Waals surface area (Å²) in [5.74, 6) is 1.14. The van der Waals surface area contributed by atoms with Gasteiger partial charge < -0.3 is 9.32 Å². The first-order valence-electron chi connectivity index (χ1n) is 8.49. The van der Waals surface area contributed by atoms with Gasteiger partial charge in [0.25, 0.3) is 5.91 Å². The molecule has 7 heteroatoms. The van der Waals surface area contributed by atoms with E-state index < -0.39 is 0 Å². The minimum atomic E-state index is -0.176. The smallest absolute Gasteiger partial charge is 0.275 e. The number of amides is 1. The highest BCUT2D eigenvalue weighted by molar-refractivity contribution is 6.31. The van der Waals surface area contributed by atoms with Crippen molar-refractivity contribution in [2.45, 2.75) is 25.3 Å². The first-order chi connectivity index (χ1) is 12.7. The van der Waals surface area contributed by atoms with Crippen LogP contribution in [-0.4, -0.2) is 32.5 Å². The third kappa shape index (κ3) is 3.32. The lowest BCUT2D eigenvalue weighted by atomic mass is 10.1. The van der Waals surface area contributed by atoms with Gasteiger partial charge in [-0.1, -0.05) is 29.8 Å². The van der Waals surface area contributed by atoms with Crippen molar-refractivity contribution in [2.24, 2.45) is 0 Å². The Hall–Kier alpha value is -2.73. The lowest BCUT2D eigenvalue weighted by Crippen LogP contribution is -2.31. The Morgan fingerprint density at radius 1 is 1.27 bits per heavy atom. The number of hydrogen-bond donors (Lipinski definition) is 0. The largest absolute Gasteiger partial charge is 0.443 e. The van der Waals surface area contributed by atoms with E-state index in [1.54, 1.807) is 29.4 Å². The number of rotatable bonds is 4. The van der Waals surface area contributed by atoms with Crippen molar-refractivity contribution in [3.05, 3.63) is 76.7 Å². The van der Waals surface area contributed by atoms with E-state index >= 15 is 0 Å². The maximum Gasteiger partial charge on any atom is 0.275 e. The van der Waals surface area contributed by atoms with Crippen LogP contribution < -0.4 is 0 Å². The molecule has 1 saturated heterocycles.